The van der Waals surface area contributed by atoms with Crippen molar-refractivity contribution in [2.45, 2.75) is 31.5 Å². The number of aliphatic imine (C=N–C) groups is 1. The van der Waals surface area contributed by atoms with Crippen LogP contribution >= 0.6 is 0 Å². The van der Waals surface area contributed by atoms with E-state index in [1.165, 1.54) is 10.9 Å². The van der Waals surface area contributed by atoms with Crippen molar-refractivity contribution in [2.75, 3.05) is 6.61 Å². The lowest BCUT2D eigenvalue weighted by Crippen LogP contribution is -2.33. The zero-order chi connectivity index (χ0) is 15.7. The highest BCUT2D eigenvalue weighted by Crippen LogP contribution is 2.30. The number of hydrogen-bond donors (Lipinski definition) is 5. The number of aliphatic hydroxyl groups is 3. The number of aliphatic hydroxyl groups excluding tert-OH is 3. The first-order valence-corrected chi connectivity index (χ1v) is 6.31. The van der Waals surface area contributed by atoms with Crippen molar-refractivity contribution in [1.82, 2.24) is 9.55 Å². The van der Waals surface area contributed by atoms with Crippen LogP contribution in [0.4, 0.5) is 0 Å². The Kier molecular flexibility index (Phi) is 4.28. The second-order valence-electron chi connectivity index (χ2n) is 4.80. The van der Waals surface area contributed by atoms with Crippen LogP contribution in [0.1, 0.15) is 17.6 Å². The van der Waals surface area contributed by atoms with Gasteiger partial charge in [-0.15, -0.1) is 0 Å². The van der Waals surface area contributed by atoms with Crippen LogP contribution in [0.15, 0.2) is 23.7 Å². The molecular weight excluding hydrogens is 278 g/mol. The second-order valence-corrected chi connectivity index (χ2v) is 4.80. The van der Waals surface area contributed by atoms with E-state index in [1.807, 2.05) is 0 Å². The fourth-order valence-electron chi connectivity index (χ4n) is 2.25. The molecule has 0 aliphatic carbocycles. The summed E-state index contributed by atoms with van der Waals surface area (Å²) in [5, 5.41) is 28.9. The Morgan fingerprint density at radius 1 is 1.48 bits per heavy atom. The minimum Gasteiger partial charge on any atom is -0.394 e. The van der Waals surface area contributed by atoms with Crippen LogP contribution in [0.5, 0.6) is 0 Å². The second kappa shape index (κ2) is 5.82. The molecule has 4 atom stereocenters. The summed E-state index contributed by atoms with van der Waals surface area (Å²) in [7, 11) is 0. The maximum Gasteiger partial charge on any atom is 0.164 e. The molecule has 21 heavy (non-hydrogen) atoms. The predicted molar refractivity (Wildman–Crippen MR) is 74.0 cm³/mol. The molecule has 1 aromatic rings. The Bertz CT molecular complexity index is 570. The number of nitrogens with zero attached hydrogens (tertiary/aromatic N) is 3. The smallest absolute Gasteiger partial charge is 0.164 e. The Morgan fingerprint density at radius 3 is 2.67 bits per heavy atom. The Morgan fingerprint density at radius 2 is 2.14 bits per heavy atom. The van der Waals surface area contributed by atoms with Gasteiger partial charge in [0.05, 0.1) is 12.9 Å². The van der Waals surface area contributed by atoms with Gasteiger partial charge in [0, 0.05) is 5.69 Å². The number of aromatic nitrogens is 2. The van der Waals surface area contributed by atoms with E-state index in [-0.39, 0.29) is 11.7 Å². The Labute approximate surface area is 121 Å². The number of imidazole rings is 1. The summed E-state index contributed by atoms with van der Waals surface area (Å²) in [6.07, 6.45) is -2.69. The highest BCUT2D eigenvalue weighted by molar-refractivity contribution is 5.97. The molecule has 0 amide bonds. The molecule has 0 spiro atoms. The lowest BCUT2D eigenvalue weighted by atomic mass is 10.1. The van der Waals surface area contributed by atoms with E-state index in [9.17, 15) is 10.2 Å². The monoisotopic (exact) mass is 297 g/mol. The van der Waals surface area contributed by atoms with Gasteiger partial charge in [-0.2, -0.15) is 0 Å². The molecule has 2 heterocycles. The summed E-state index contributed by atoms with van der Waals surface area (Å²) >= 11 is 0. The largest absolute Gasteiger partial charge is 0.394 e. The number of rotatable bonds is 4. The van der Waals surface area contributed by atoms with Gasteiger partial charge in [0.2, 0.25) is 0 Å². The van der Waals surface area contributed by atoms with E-state index in [2.05, 4.69) is 16.6 Å². The van der Waals surface area contributed by atoms with Crippen LogP contribution < -0.4 is 11.5 Å². The molecule has 0 radical (unpaired) electrons. The van der Waals surface area contributed by atoms with E-state index in [0.717, 1.165) is 0 Å². The quantitative estimate of drug-likeness (QED) is 0.316. The minimum absolute atomic E-state index is 0.0503. The summed E-state index contributed by atoms with van der Waals surface area (Å²) in [4.78, 5) is 7.92. The molecule has 0 aromatic carbocycles. The van der Waals surface area contributed by atoms with Crippen molar-refractivity contribution in [3.63, 3.8) is 0 Å². The van der Waals surface area contributed by atoms with Gasteiger partial charge in [0.15, 0.2) is 12.1 Å². The third-order valence-electron chi connectivity index (χ3n) is 3.34. The van der Waals surface area contributed by atoms with Crippen molar-refractivity contribution in [3.8, 4) is 0 Å². The van der Waals surface area contributed by atoms with Gasteiger partial charge in [-0.1, -0.05) is 6.58 Å². The van der Waals surface area contributed by atoms with E-state index >= 15 is 0 Å². The van der Waals surface area contributed by atoms with E-state index in [4.69, 9.17) is 21.3 Å². The van der Waals surface area contributed by atoms with Crippen molar-refractivity contribution in [2.24, 2.45) is 16.5 Å². The molecule has 0 saturated carbocycles. The summed E-state index contributed by atoms with van der Waals surface area (Å²) in [6, 6.07) is 0. The average Bonchev–Trinajstić information content (AvgIpc) is 2.91. The van der Waals surface area contributed by atoms with Crippen molar-refractivity contribution in [3.05, 3.63) is 30.1 Å². The topological polar surface area (TPSA) is 152 Å². The number of amidine groups is 1. The number of hydrogen-bond acceptors (Lipinski definition) is 7. The van der Waals surface area contributed by atoms with Crippen LogP contribution in [0.3, 0.4) is 0 Å². The van der Waals surface area contributed by atoms with Gasteiger partial charge in [-0.3, -0.25) is 0 Å². The maximum absolute atomic E-state index is 10.00. The summed E-state index contributed by atoms with van der Waals surface area (Å²) in [6.45, 7) is 4.74. The van der Waals surface area contributed by atoms with Crippen LogP contribution in [0.25, 0.3) is 0 Å². The lowest BCUT2D eigenvalue weighted by molar-refractivity contribution is -0.0536. The van der Waals surface area contributed by atoms with Gasteiger partial charge in [0.1, 0.15) is 29.8 Å². The van der Waals surface area contributed by atoms with Crippen molar-refractivity contribution >= 4 is 5.84 Å². The lowest BCUT2D eigenvalue weighted by Gasteiger charge is -2.17. The first-order chi connectivity index (χ1) is 9.86. The van der Waals surface area contributed by atoms with Crippen LogP contribution in [-0.2, 0) is 4.74 Å². The molecule has 9 nitrogen and oxygen atoms in total. The third kappa shape index (κ3) is 2.76. The van der Waals surface area contributed by atoms with E-state index in [1.54, 1.807) is 6.92 Å². The van der Waals surface area contributed by atoms with Gasteiger partial charge in [-0.25, -0.2) is 9.98 Å². The SMILES string of the molecule is C=C(N)/N=C(/N)c1ncn(C2OC(CO)C(O)C2O)c1C. The molecule has 116 valence electrons. The van der Waals surface area contributed by atoms with E-state index in [0.29, 0.717) is 11.4 Å². The third-order valence-corrected chi connectivity index (χ3v) is 3.34. The molecular formula is C12H19N5O4. The van der Waals surface area contributed by atoms with Crippen molar-refractivity contribution < 1.29 is 20.1 Å². The summed E-state index contributed by atoms with van der Waals surface area (Å²) in [5.41, 5.74) is 12.1. The molecule has 1 aromatic heterocycles. The zero-order valence-electron chi connectivity index (χ0n) is 11.5. The predicted octanol–water partition coefficient (Wildman–Crippen LogP) is -2.06. The molecule has 2 rings (SSSR count). The van der Waals surface area contributed by atoms with Crippen molar-refractivity contribution in [1.29, 1.82) is 0 Å². The van der Waals surface area contributed by atoms with Crippen LogP contribution in [0, 0.1) is 6.92 Å². The highest BCUT2D eigenvalue weighted by Gasteiger charge is 2.43. The molecule has 1 aliphatic heterocycles. The fourth-order valence-corrected chi connectivity index (χ4v) is 2.25. The Hall–Kier alpha value is -1.94. The number of nitrogens with two attached hydrogens (primary N) is 2. The molecule has 4 unspecified atom stereocenters. The maximum atomic E-state index is 10.00. The molecule has 7 N–H and O–H groups in total. The first-order valence-electron chi connectivity index (χ1n) is 6.31. The van der Waals surface area contributed by atoms with Crippen LogP contribution in [-0.4, -0.2) is 55.6 Å². The minimum atomic E-state index is -1.19. The summed E-state index contributed by atoms with van der Waals surface area (Å²) < 4.78 is 6.94. The average molecular weight is 297 g/mol. The Balaban J connectivity index is 2.31. The first kappa shape index (κ1) is 15.4. The number of ether oxygens (including phenoxy) is 1. The zero-order valence-corrected chi connectivity index (χ0v) is 11.5. The van der Waals surface area contributed by atoms with Crippen LogP contribution in [0.2, 0.25) is 0 Å². The van der Waals surface area contributed by atoms with Gasteiger partial charge < -0.3 is 36.1 Å². The normalized spacial score (nSPS) is 29.8. The molecule has 9 heteroatoms. The van der Waals surface area contributed by atoms with Gasteiger partial charge in [-0.05, 0) is 6.92 Å². The molecule has 1 aliphatic rings. The standard InChI is InChI=1S/C12H19N5O4/c1-5-8(11(14)16-6(2)13)15-4-17(5)12-10(20)9(19)7(3-18)21-12/h4,7,9-10,12,18-20H,2-3,13H2,1H3,(H2,14,16). The molecule has 0 bridgehead atoms. The summed E-state index contributed by atoms with van der Waals surface area (Å²) in [5.74, 6) is 0.139. The molecule has 1 fully saturated rings. The highest BCUT2D eigenvalue weighted by atomic mass is 16.6. The fraction of sp³-hybridized carbons (Fsp3) is 0.500. The molecule has 1 saturated heterocycles. The van der Waals surface area contributed by atoms with Gasteiger partial charge in [0.25, 0.3) is 0 Å². The van der Waals surface area contributed by atoms with E-state index < -0.39 is 31.1 Å². The van der Waals surface area contributed by atoms with Gasteiger partial charge >= 0.3 is 0 Å².